The number of phenols is 1. The number of hydrogen-bond donors (Lipinski definition) is 3. The first-order valence-corrected chi connectivity index (χ1v) is 7.89. The molecule has 0 heterocycles. The molecular weight excluding hydrogens is 316 g/mol. The first-order chi connectivity index (χ1) is 12.0. The molecule has 0 aliphatic heterocycles. The molecule has 3 N–H and O–H groups in total. The zero-order valence-electron chi connectivity index (χ0n) is 13.7. The monoisotopic (exact) mass is 334 g/mol. The van der Waals surface area contributed by atoms with E-state index in [0.29, 0.717) is 16.9 Å². The van der Waals surface area contributed by atoms with Crippen LogP contribution in [0.4, 0.5) is 11.4 Å². The van der Waals surface area contributed by atoms with Crippen molar-refractivity contribution >= 4 is 33.8 Å². The molecule has 3 aromatic carbocycles. The van der Waals surface area contributed by atoms with Gasteiger partial charge in [0.25, 0.3) is 0 Å². The minimum Gasteiger partial charge on any atom is -0.508 e. The number of carbonyl (C=O) groups is 2. The van der Waals surface area contributed by atoms with E-state index in [-0.39, 0.29) is 24.0 Å². The Hall–Kier alpha value is -3.34. The second-order valence-corrected chi connectivity index (χ2v) is 5.75. The van der Waals surface area contributed by atoms with Crippen LogP contribution >= 0.6 is 0 Å². The van der Waals surface area contributed by atoms with Crippen molar-refractivity contribution in [1.82, 2.24) is 0 Å². The average Bonchev–Trinajstić information content (AvgIpc) is 2.61. The number of carbonyl (C=O) groups excluding carboxylic acids is 2. The van der Waals surface area contributed by atoms with Gasteiger partial charge in [0.05, 0.1) is 6.54 Å². The maximum absolute atomic E-state index is 12.2. The lowest BCUT2D eigenvalue weighted by molar-refractivity contribution is -0.114. The van der Waals surface area contributed by atoms with E-state index >= 15 is 0 Å². The molecule has 0 aliphatic rings. The molecule has 0 unspecified atom stereocenters. The summed E-state index contributed by atoms with van der Waals surface area (Å²) < 4.78 is 0. The third kappa shape index (κ3) is 3.95. The fourth-order valence-corrected chi connectivity index (χ4v) is 2.59. The molecule has 5 nitrogen and oxygen atoms in total. The van der Waals surface area contributed by atoms with Crippen LogP contribution in [-0.4, -0.2) is 23.3 Å². The van der Waals surface area contributed by atoms with Crippen LogP contribution in [0.2, 0.25) is 0 Å². The SMILES string of the molecule is CC(=O)c1cccc(NCC(=O)Nc2cccc3ccc(O)cc23)c1. The van der Waals surface area contributed by atoms with E-state index in [9.17, 15) is 14.7 Å². The van der Waals surface area contributed by atoms with E-state index in [1.807, 2.05) is 12.1 Å². The van der Waals surface area contributed by atoms with Gasteiger partial charge in [-0.3, -0.25) is 9.59 Å². The van der Waals surface area contributed by atoms with Crippen molar-refractivity contribution in [3.8, 4) is 5.75 Å². The van der Waals surface area contributed by atoms with Crippen molar-refractivity contribution in [2.24, 2.45) is 0 Å². The summed E-state index contributed by atoms with van der Waals surface area (Å²) in [6.07, 6.45) is 0. The number of rotatable bonds is 5. The summed E-state index contributed by atoms with van der Waals surface area (Å²) in [6.45, 7) is 1.57. The number of amides is 1. The Kier molecular flexibility index (Phi) is 4.66. The molecule has 0 spiro atoms. The molecule has 0 fully saturated rings. The molecule has 5 heteroatoms. The lowest BCUT2D eigenvalue weighted by Crippen LogP contribution is -2.21. The zero-order valence-corrected chi connectivity index (χ0v) is 13.7. The van der Waals surface area contributed by atoms with Crippen LogP contribution in [0.3, 0.4) is 0 Å². The Bertz CT molecular complexity index is 951. The maximum atomic E-state index is 12.2. The highest BCUT2D eigenvalue weighted by molar-refractivity contribution is 6.03. The number of anilines is 2. The molecule has 3 aromatic rings. The molecule has 0 aliphatic carbocycles. The van der Waals surface area contributed by atoms with E-state index < -0.39 is 0 Å². The quantitative estimate of drug-likeness (QED) is 0.620. The molecule has 0 bridgehead atoms. The van der Waals surface area contributed by atoms with Gasteiger partial charge in [-0.1, -0.05) is 30.3 Å². The summed E-state index contributed by atoms with van der Waals surface area (Å²) in [5.41, 5.74) is 1.94. The molecule has 0 saturated carbocycles. The van der Waals surface area contributed by atoms with Gasteiger partial charge in [-0.2, -0.15) is 0 Å². The van der Waals surface area contributed by atoms with Gasteiger partial charge >= 0.3 is 0 Å². The van der Waals surface area contributed by atoms with Crippen molar-refractivity contribution in [3.05, 3.63) is 66.2 Å². The predicted octanol–water partition coefficient (Wildman–Crippen LogP) is 3.80. The fourth-order valence-electron chi connectivity index (χ4n) is 2.59. The molecule has 25 heavy (non-hydrogen) atoms. The topological polar surface area (TPSA) is 78.4 Å². The van der Waals surface area contributed by atoms with Crippen molar-refractivity contribution in [2.45, 2.75) is 6.92 Å². The van der Waals surface area contributed by atoms with E-state index in [2.05, 4.69) is 10.6 Å². The standard InChI is InChI=1S/C20H18N2O3/c1-13(23)15-5-2-6-16(10-15)21-12-20(25)22-19-7-3-4-14-8-9-17(24)11-18(14)19/h2-11,21,24H,12H2,1H3,(H,22,25). The first-order valence-electron chi connectivity index (χ1n) is 7.89. The van der Waals surface area contributed by atoms with Crippen molar-refractivity contribution in [1.29, 1.82) is 0 Å². The van der Waals surface area contributed by atoms with Crippen molar-refractivity contribution in [2.75, 3.05) is 17.2 Å². The summed E-state index contributed by atoms with van der Waals surface area (Å²) in [7, 11) is 0. The lowest BCUT2D eigenvalue weighted by Gasteiger charge is -2.11. The Labute approximate surface area is 145 Å². The highest BCUT2D eigenvalue weighted by Gasteiger charge is 2.07. The van der Waals surface area contributed by atoms with E-state index in [1.165, 1.54) is 6.92 Å². The third-order valence-corrected chi connectivity index (χ3v) is 3.86. The number of nitrogens with one attached hydrogen (secondary N) is 2. The van der Waals surface area contributed by atoms with Crippen LogP contribution in [0.25, 0.3) is 10.8 Å². The summed E-state index contributed by atoms with van der Waals surface area (Å²) in [4.78, 5) is 23.6. The van der Waals surface area contributed by atoms with Gasteiger partial charge in [0, 0.05) is 22.3 Å². The molecule has 1 amide bonds. The highest BCUT2D eigenvalue weighted by atomic mass is 16.3. The van der Waals surface area contributed by atoms with E-state index in [4.69, 9.17) is 0 Å². The lowest BCUT2D eigenvalue weighted by atomic mass is 10.1. The Morgan fingerprint density at radius 1 is 1.00 bits per heavy atom. The molecule has 0 aromatic heterocycles. The number of Topliss-reactive ketones (excluding diaryl/α,β-unsaturated/α-hetero) is 1. The Morgan fingerprint density at radius 2 is 1.80 bits per heavy atom. The second kappa shape index (κ2) is 7.05. The van der Waals surface area contributed by atoms with Crippen LogP contribution in [0.15, 0.2) is 60.7 Å². The predicted molar refractivity (Wildman–Crippen MR) is 99.2 cm³/mol. The van der Waals surface area contributed by atoms with Crippen LogP contribution in [0, 0.1) is 0 Å². The number of benzene rings is 3. The normalized spacial score (nSPS) is 10.4. The van der Waals surface area contributed by atoms with Gasteiger partial charge in [-0.05, 0) is 42.6 Å². The fraction of sp³-hybridized carbons (Fsp3) is 0.100. The summed E-state index contributed by atoms with van der Waals surface area (Å²) in [5, 5.41) is 17.2. The third-order valence-electron chi connectivity index (χ3n) is 3.86. The number of fused-ring (bicyclic) bond motifs is 1. The first kappa shape index (κ1) is 16.5. The molecule has 0 radical (unpaired) electrons. The highest BCUT2D eigenvalue weighted by Crippen LogP contribution is 2.26. The number of hydrogen-bond acceptors (Lipinski definition) is 4. The summed E-state index contributed by atoms with van der Waals surface area (Å²) in [6, 6.07) is 17.6. The van der Waals surface area contributed by atoms with E-state index in [0.717, 1.165) is 10.8 Å². The number of phenolic OH excluding ortho intramolecular Hbond substituents is 1. The van der Waals surface area contributed by atoms with Crippen LogP contribution in [0.1, 0.15) is 17.3 Å². The molecule has 0 atom stereocenters. The number of ketones is 1. The van der Waals surface area contributed by atoms with Crippen molar-refractivity contribution < 1.29 is 14.7 Å². The van der Waals surface area contributed by atoms with Crippen LogP contribution in [0.5, 0.6) is 5.75 Å². The van der Waals surface area contributed by atoms with Gasteiger partial charge in [-0.25, -0.2) is 0 Å². The minimum atomic E-state index is -0.218. The van der Waals surface area contributed by atoms with Crippen LogP contribution < -0.4 is 10.6 Å². The van der Waals surface area contributed by atoms with Crippen LogP contribution in [-0.2, 0) is 4.79 Å². The van der Waals surface area contributed by atoms with Gasteiger partial charge < -0.3 is 15.7 Å². The molecular formula is C20H18N2O3. The zero-order chi connectivity index (χ0) is 17.8. The van der Waals surface area contributed by atoms with Crippen molar-refractivity contribution in [3.63, 3.8) is 0 Å². The molecule has 126 valence electrons. The smallest absolute Gasteiger partial charge is 0.243 e. The van der Waals surface area contributed by atoms with E-state index in [1.54, 1.807) is 48.5 Å². The summed E-state index contributed by atoms with van der Waals surface area (Å²) in [5.74, 6) is -0.0962. The second-order valence-electron chi connectivity index (χ2n) is 5.75. The Balaban J connectivity index is 1.70. The molecule has 0 saturated heterocycles. The number of aromatic hydroxyl groups is 1. The average molecular weight is 334 g/mol. The minimum absolute atomic E-state index is 0.0244. The maximum Gasteiger partial charge on any atom is 0.243 e. The largest absolute Gasteiger partial charge is 0.508 e. The van der Waals surface area contributed by atoms with Gasteiger partial charge in [-0.15, -0.1) is 0 Å². The molecule has 3 rings (SSSR count). The van der Waals surface area contributed by atoms with Gasteiger partial charge in [0.1, 0.15) is 5.75 Å². The van der Waals surface area contributed by atoms with Gasteiger partial charge in [0.15, 0.2) is 5.78 Å². The summed E-state index contributed by atoms with van der Waals surface area (Å²) >= 11 is 0. The Morgan fingerprint density at radius 3 is 2.60 bits per heavy atom. The van der Waals surface area contributed by atoms with Gasteiger partial charge in [0.2, 0.25) is 5.91 Å².